The van der Waals surface area contributed by atoms with Gasteiger partial charge in [-0.1, -0.05) is 47.5 Å². The molecule has 2 N–H and O–H groups in total. The van der Waals surface area contributed by atoms with E-state index in [1.807, 2.05) is 27.7 Å². The summed E-state index contributed by atoms with van der Waals surface area (Å²) >= 11 is 12.6. The zero-order valence-corrected chi connectivity index (χ0v) is 24.8. The molecule has 3 aromatic rings. The van der Waals surface area contributed by atoms with Crippen LogP contribution in [0.5, 0.6) is 5.75 Å². The quantitative estimate of drug-likeness (QED) is 0.342. The maximum Gasteiger partial charge on any atom is 0.497 e. The first-order valence-electron chi connectivity index (χ1n) is 12.2. The van der Waals surface area contributed by atoms with Crippen LogP contribution in [0.15, 0.2) is 59.5 Å². The first-order chi connectivity index (χ1) is 18.6. The van der Waals surface area contributed by atoms with E-state index in [1.54, 1.807) is 31.4 Å². The molecule has 0 unspecified atom stereocenters. The molecule has 0 saturated carbocycles. The van der Waals surface area contributed by atoms with E-state index in [-0.39, 0.29) is 33.3 Å². The second kappa shape index (κ2) is 11.2. The van der Waals surface area contributed by atoms with E-state index in [0.29, 0.717) is 5.75 Å². The normalized spacial score (nSPS) is 16.1. The number of rotatable bonds is 8. The number of sulfonamides is 1. The predicted molar refractivity (Wildman–Crippen MR) is 154 cm³/mol. The second-order valence-electron chi connectivity index (χ2n) is 10.2. The highest BCUT2D eigenvalue weighted by Gasteiger charge is 2.52. The Kier molecular flexibility index (Phi) is 8.45. The molecule has 40 heavy (non-hydrogen) atoms. The minimum absolute atomic E-state index is 0.0228. The van der Waals surface area contributed by atoms with Gasteiger partial charge >= 0.3 is 7.12 Å². The van der Waals surface area contributed by atoms with Crippen LogP contribution < -0.4 is 20.2 Å². The van der Waals surface area contributed by atoms with E-state index in [4.69, 9.17) is 37.2 Å². The highest BCUT2D eigenvalue weighted by Crippen LogP contribution is 2.37. The van der Waals surface area contributed by atoms with E-state index in [1.165, 1.54) is 24.3 Å². The van der Waals surface area contributed by atoms with Crippen molar-refractivity contribution < 1.29 is 31.6 Å². The van der Waals surface area contributed by atoms with Crippen LogP contribution in [-0.2, 0) is 25.9 Å². The lowest BCUT2D eigenvalue weighted by Crippen LogP contribution is -2.41. The molecule has 212 valence electrons. The van der Waals surface area contributed by atoms with Crippen molar-refractivity contribution in [2.75, 3.05) is 11.8 Å². The number of methoxy groups -OCH3 is 1. The lowest BCUT2D eigenvalue weighted by atomic mass is 9.78. The standard InChI is InChI=1S/C27H28BCl2FN2O6S/c1-26(2)27(3,4)39-28(38-26)20-7-6-8-21(24(20)31)33-40(35,36)22-14-17(29)13-19(23(22)30)25(34)32-15-16-9-11-18(37-5)12-10-16/h6-14,33H,15H2,1-5H3,(H,32,34). The third kappa shape index (κ3) is 6.08. The van der Waals surface area contributed by atoms with Crippen molar-refractivity contribution in [2.24, 2.45) is 0 Å². The van der Waals surface area contributed by atoms with Gasteiger partial charge in [0.15, 0.2) is 0 Å². The smallest absolute Gasteiger partial charge is 0.497 e. The minimum Gasteiger partial charge on any atom is -0.497 e. The van der Waals surface area contributed by atoms with Gasteiger partial charge in [-0.3, -0.25) is 9.52 Å². The number of hydrogen-bond donors (Lipinski definition) is 2. The third-order valence-corrected chi connectivity index (χ3v) is 9.06. The molecular weight excluding hydrogens is 581 g/mol. The third-order valence-electron chi connectivity index (χ3n) is 6.93. The minimum atomic E-state index is -4.49. The highest BCUT2D eigenvalue weighted by atomic mass is 35.5. The van der Waals surface area contributed by atoms with Gasteiger partial charge in [0.2, 0.25) is 0 Å². The molecule has 0 spiro atoms. The first-order valence-corrected chi connectivity index (χ1v) is 14.5. The number of anilines is 1. The van der Waals surface area contributed by atoms with Crippen LogP contribution in [0.2, 0.25) is 10.0 Å². The number of nitrogens with one attached hydrogen (secondary N) is 2. The molecule has 0 radical (unpaired) electrons. The molecule has 1 aliphatic rings. The molecule has 0 bridgehead atoms. The van der Waals surface area contributed by atoms with Crippen molar-refractivity contribution in [2.45, 2.75) is 50.3 Å². The molecule has 1 heterocycles. The fourth-order valence-electron chi connectivity index (χ4n) is 3.93. The summed E-state index contributed by atoms with van der Waals surface area (Å²) < 4.78 is 61.4. The average molecular weight is 609 g/mol. The molecule has 0 atom stereocenters. The van der Waals surface area contributed by atoms with Gasteiger partial charge < -0.3 is 19.4 Å². The monoisotopic (exact) mass is 608 g/mol. The fourth-order valence-corrected chi connectivity index (χ4v) is 5.89. The van der Waals surface area contributed by atoms with Crippen LogP contribution in [0.1, 0.15) is 43.6 Å². The molecule has 13 heteroatoms. The molecule has 1 aliphatic heterocycles. The Labute approximate surface area is 243 Å². The van der Waals surface area contributed by atoms with Gasteiger partial charge in [0.05, 0.1) is 34.6 Å². The Balaban J connectivity index is 1.58. The first kappa shape index (κ1) is 30.1. The lowest BCUT2D eigenvalue weighted by Gasteiger charge is -2.32. The maximum atomic E-state index is 15.6. The molecule has 1 amide bonds. The lowest BCUT2D eigenvalue weighted by molar-refractivity contribution is 0.00578. The molecule has 1 fully saturated rings. The van der Waals surface area contributed by atoms with E-state index < -0.39 is 45.0 Å². The van der Waals surface area contributed by atoms with Crippen LogP contribution in [0.4, 0.5) is 10.1 Å². The number of hydrogen-bond acceptors (Lipinski definition) is 6. The van der Waals surface area contributed by atoms with Crippen LogP contribution in [0.25, 0.3) is 0 Å². The summed E-state index contributed by atoms with van der Waals surface area (Å²) in [5.74, 6) is -0.859. The second-order valence-corrected chi connectivity index (χ2v) is 12.7. The van der Waals surface area contributed by atoms with E-state index in [9.17, 15) is 13.2 Å². The Morgan fingerprint density at radius 2 is 1.65 bits per heavy atom. The summed E-state index contributed by atoms with van der Waals surface area (Å²) in [5.41, 5.74) is -1.16. The van der Waals surface area contributed by atoms with E-state index in [2.05, 4.69) is 10.0 Å². The van der Waals surface area contributed by atoms with Crippen molar-refractivity contribution >= 4 is 57.4 Å². The Morgan fingerprint density at radius 3 is 2.25 bits per heavy atom. The number of benzene rings is 3. The largest absolute Gasteiger partial charge is 0.497 e. The van der Waals surface area contributed by atoms with Crippen LogP contribution in [-0.4, -0.2) is 39.8 Å². The van der Waals surface area contributed by atoms with Gasteiger partial charge in [-0.05, 0) is 63.6 Å². The topological polar surface area (TPSA) is 103 Å². The van der Waals surface area contributed by atoms with Crippen molar-refractivity contribution in [3.63, 3.8) is 0 Å². The summed E-state index contributed by atoms with van der Waals surface area (Å²) in [7, 11) is -3.99. The zero-order valence-electron chi connectivity index (χ0n) is 22.5. The summed E-state index contributed by atoms with van der Waals surface area (Å²) in [4.78, 5) is 12.4. The van der Waals surface area contributed by atoms with Gasteiger partial charge in [-0.15, -0.1) is 0 Å². The maximum absolute atomic E-state index is 15.6. The molecule has 4 rings (SSSR count). The molecule has 0 aromatic heterocycles. The molecule has 3 aromatic carbocycles. The summed E-state index contributed by atoms with van der Waals surface area (Å²) in [6.07, 6.45) is 0. The average Bonchev–Trinajstić information content (AvgIpc) is 3.11. The van der Waals surface area contributed by atoms with E-state index >= 15 is 4.39 Å². The van der Waals surface area contributed by atoms with Crippen LogP contribution in [0, 0.1) is 5.82 Å². The molecular formula is C27H28BCl2FN2O6S. The molecule has 0 aliphatic carbocycles. The summed E-state index contributed by atoms with van der Waals surface area (Å²) in [5, 5.41) is 2.27. The molecule has 8 nitrogen and oxygen atoms in total. The molecule has 1 saturated heterocycles. The summed E-state index contributed by atoms with van der Waals surface area (Å²) in [6, 6.07) is 13.5. The van der Waals surface area contributed by atoms with Crippen molar-refractivity contribution in [1.82, 2.24) is 5.32 Å². The van der Waals surface area contributed by atoms with Crippen molar-refractivity contribution in [3.8, 4) is 5.75 Å². The number of amides is 1. The fraction of sp³-hybridized carbons (Fsp3) is 0.296. The number of carbonyl (C=O) groups excluding carboxylic acids is 1. The van der Waals surface area contributed by atoms with E-state index in [0.717, 1.165) is 11.6 Å². The number of halogens is 3. The van der Waals surface area contributed by atoms with Crippen molar-refractivity contribution in [3.05, 3.63) is 81.6 Å². The van der Waals surface area contributed by atoms with Gasteiger partial charge in [-0.25, -0.2) is 12.8 Å². The van der Waals surface area contributed by atoms with Gasteiger partial charge in [-0.2, -0.15) is 0 Å². The predicted octanol–water partition coefficient (Wildman–Crippen LogP) is 5.17. The number of ether oxygens (including phenoxy) is 1. The SMILES string of the molecule is COc1ccc(CNC(=O)c2cc(Cl)cc(S(=O)(=O)Nc3cccc(B4OC(C)(C)C(C)(C)O4)c3F)c2Cl)cc1. The van der Waals surface area contributed by atoms with Crippen LogP contribution >= 0.6 is 23.2 Å². The Morgan fingerprint density at radius 1 is 1.02 bits per heavy atom. The Bertz CT molecular complexity index is 1540. The van der Waals surface area contributed by atoms with Crippen molar-refractivity contribution in [1.29, 1.82) is 0 Å². The van der Waals surface area contributed by atoms with Gasteiger partial charge in [0, 0.05) is 17.0 Å². The van der Waals surface area contributed by atoms with Crippen LogP contribution in [0.3, 0.4) is 0 Å². The number of carbonyl (C=O) groups is 1. The van der Waals surface area contributed by atoms with Gasteiger partial charge in [0.1, 0.15) is 16.5 Å². The zero-order chi connectivity index (χ0) is 29.5. The highest BCUT2D eigenvalue weighted by molar-refractivity contribution is 7.92. The van der Waals surface area contributed by atoms with Gasteiger partial charge in [0.25, 0.3) is 15.9 Å². The Hall–Kier alpha value is -2.83. The summed E-state index contributed by atoms with van der Waals surface area (Å²) in [6.45, 7) is 7.43.